The molecule has 0 radical (unpaired) electrons. The fourth-order valence-electron chi connectivity index (χ4n) is 5.97. The van der Waals surface area contributed by atoms with Gasteiger partial charge in [0.15, 0.2) is 0 Å². The van der Waals surface area contributed by atoms with Crippen LogP contribution in [0, 0.1) is 0 Å². The quantitative estimate of drug-likeness (QED) is 0.276. The molecule has 5 saturated heterocycles. The summed E-state index contributed by atoms with van der Waals surface area (Å²) in [4.78, 5) is 9.78. The van der Waals surface area contributed by atoms with Crippen molar-refractivity contribution < 1.29 is 35.1 Å². The van der Waals surface area contributed by atoms with Crippen molar-refractivity contribution in [2.75, 3.05) is 65.4 Å². The summed E-state index contributed by atoms with van der Waals surface area (Å²) in [6, 6.07) is 1.82. The standard InChI is InChI=1S/3C7H13F2N.2C7H14FN/c2*1-5(2)10-3-6(8)7(9)4-10;1-6(2)10-4-3-7(8,9)5-10;2*1-6(2)9-4-3-7(8)5-9/h2*5-7H,3-4H2,1-2H3;6H,3-5H2,1-2H3;2*6-7H,3-5H2,1-2H3/t6-,7+;6-,7-;;2*7-/m.1.10/s1. The minimum absolute atomic E-state index is 0.0329. The summed E-state index contributed by atoms with van der Waals surface area (Å²) in [5, 5.41) is 0. The van der Waals surface area contributed by atoms with Crippen LogP contribution in [0.4, 0.5) is 35.1 Å². The Hall–Kier alpha value is -0.760. The van der Waals surface area contributed by atoms with Crippen LogP contribution in [-0.2, 0) is 0 Å². The lowest BCUT2D eigenvalue weighted by atomic mass is 10.3. The molecule has 6 atom stereocenters. The molecule has 288 valence electrons. The second-order valence-corrected chi connectivity index (χ2v) is 15.3. The molecule has 0 amide bonds. The van der Waals surface area contributed by atoms with E-state index in [1.807, 2.05) is 51.3 Å². The molecule has 5 fully saturated rings. The van der Waals surface area contributed by atoms with Crippen LogP contribution in [0.5, 0.6) is 0 Å². The van der Waals surface area contributed by atoms with Crippen LogP contribution < -0.4 is 0 Å². The van der Waals surface area contributed by atoms with Gasteiger partial charge in [-0.05, 0) is 82.1 Å². The fraction of sp³-hybridized carbons (Fsp3) is 1.00. The first-order valence-corrected chi connectivity index (χ1v) is 18.1. The molecule has 0 aromatic heterocycles. The molecule has 0 aromatic rings. The van der Waals surface area contributed by atoms with Gasteiger partial charge in [-0.25, -0.2) is 35.1 Å². The van der Waals surface area contributed by atoms with Gasteiger partial charge in [-0.15, -0.1) is 0 Å². The summed E-state index contributed by atoms with van der Waals surface area (Å²) in [6.45, 7) is 24.9. The Labute approximate surface area is 286 Å². The number of hydrogen-bond donors (Lipinski definition) is 0. The first-order chi connectivity index (χ1) is 22.1. The smallest absolute Gasteiger partial charge is 0.261 e. The SMILES string of the molecule is CC(C)N1CCC(F)(F)C1.CC(C)N1CC[C@@H](F)C1.CC(C)N1CC[C@H](F)C1.CC(C)N1C[C@@H](F)[C@@H](F)C1.CC(C)N1C[C@@H](F)[C@H](F)C1. The molecule has 5 rings (SSSR count). The van der Waals surface area contributed by atoms with E-state index in [9.17, 15) is 35.1 Å². The molecule has 0 spiro atoms. The minimum atomic E-state index is -2.43. The largest absolute Gasteiger partial charge is 0.298 e. The molecular formula is C35H67F8N5. The lowest BCUT2D eigenvalue weighted by molar-refractivity contribution is 0.00920. The molecule has 0 saturated carbocycles. The predicted molar refractivity (Wildman–Crippen MR) is 182 cm³/mol. The van der Waals surface area contributed by atoms with Gasteiger partial charge in [0.1, 0.15) is 37.0 Å². The van der Waals surface area contributed by atoms with E-state index in [-0.39, 0.29) is 57.3 Å². The van der Waals surface area contributed by atoms with Crippen molar-refractivity contribution in [1.29, 1.82) is 0 Å². The zero-order chi connectivity index (χ0) is 36.9. The van der Waals surface area contributed by atoms with E-state index >= 15 is 0 Å². The van der Waals surface area contributed by atoms with Gasteiger partial charge in [0, 0.05) is 95.5 Å². The summed E-state index contributed by atoms with van der Waals surface area (Å²) >= 11 is 0. The molecule has 0 aromatic carbocycles. The molecule has 5 heterocycles. The average Bonchev–Trinajstić information content (AvgIpc) is 3.81. The Morgan fingerprint density at radius 2 is 0.708 bits per heavy atom. The van der Waals surface area contributed by atoms with E-state index in [2.05, 4.69) is 37.5 Å². The van der Waals surface area contributed by atoms with Gasteiger partial charge in [0.2, 0.25) is 0 Å². The highest BCUT2D eigenvalue weighted by atomic mass is 19.3. The third-order valence-corrected chi connectivity index (χ3v) is 9.60. The first-order valence-electron chi connectivity index (χ1n) is 18.1. The molecule has 0 unspecified atom stereocenters. The second kappa shape index (κ2) is 21.6. The highest BCUT2D eigenvalue weighted by Gasteiger charge is 2.39. The van der Waals surface area contributed by atoms with E-state index in [1.165, 1.54) is 0 Å². The maximum absolute atomic E-state index is 12.5. The zero-order valence-corrected chi connectivity index (χ0v) is 31.3. The predicted octanol–water partition coefficient (Wildman–Crippen LogP) is 7.39. The van der Waals surface area contributed by atoms with E-state index in [4.69, 9.17) is 0 Å². The molecule has 0 bridgehead atoms. The van der Waals surface area contributed by atoms with Crippen molar-refractivity contribution in [3.05, 3.63) is 0 Å². The van der Waals surface area contributed by atoms with Crippen LogP contribution in [0.15, 0.2) is 0 Å². The maximum Gasteiger partial charge on any atom is 0.261 e. The summed E-state index contributed by atoms with van der Waals surface area (Å²) in [7, 11) is 0. The van der Waals surface area contributed by atoms with E-state index in [0.717, 1.165) is 25.9 Å². The molecule has 48 heavy (non-hydrogen) atoms. The highest BCUT2D eigenvalue weighted by molar-refractivity contribution is 4.86. The Morgan fingerprint density at radius 3 is 0.833 bits per heavy atom. The molecule has 13 heteroatoms. The van der Waals surface area contributed by atoms with Gasteiger partial charge in [0.05, 0.1) is 6.54 Å². The van der Waals surface area contributed by atoms with Crippen LogP contribution in [0.3, 0.4) is 0 Å². The Morgan fingerprint density at radius 1 is 0.417 bits per heavy atom. The van der Waals surface area contributed by atoms with Crippen LogP contribution in [-0.4, -0.2) is 163 Å². The van der Waals surface area contributed by atoms with Gasteiger partial charge in [-0.3, -0.25) is 24.5 Å². The fourth-order valence-corrected chi connectivity index (χ4v) is 5.97. The number of nitrogens with zero attached hydrogens (tertiary/aromatic N) is 5. The van der Waals surface area contributed by atoms with E-state index in [1.54, 1.807) is 4.90 Å². The Kier molecular flexibility index (Phi) is 20.3. The normalized spacial score (nSPS) is 31.6. The van der Waals surface area contributed by atoms with Crippen molar-refractivity contribution in [2.45, 2.75) is 162 Å². The highest BCUT2D eigenvalue weighted by Crippen LogP contribution is 2.27. The summed E-state index contributed by atoms with van der Waals surface area (Å²) in [5.74, 6) is -2.43. The van der Waals surface area contributed by atoms with Crippen LogP contribution in [0.25, 0.3) is 0 Å². The molecule has 5 aliphatic rings. The van der Waals surface area contributed by atoms with Crippen molar-refractivity contribution in [2.24, 2.45) is 0 Å². The van der Waals surface area contributed by atoms with Crippen molar-refractivity contribution in [3.63, 3.8) is 0 Å². The van der Waals surface area contributed by atoms with Crippen molar-refractivity contribution in [1.82, 2.24) is 24.5 Å². The van der Waals surface area contributed by atoms with Gasteiger partial charge in [-0.1, -0.05) is 0 Å². The lowest BCUT2D eigenvalue weighted by Gasteiger charge is -2.19. The first kappa shape index (κ1) is 45.3. The van der Waals surface area contributed by atoms with Gasteiger partial charge < -0.3 is 0 Å². The number of likely N-dealkylation sites (tertiary alicyclic amines) is 5. The Balaban J connectivity index is 0.000000300. The van der Waals surface area contributed by atoms with Crippen LogP contribution >= 0.6 is 0 Å². The number of hydrogen-bond acceptors (Lipinski definition) is 5. The third kappa shape index (κ3) is 17.0. The van der Waals surface area contributed by atoms with Gasteiger partial charge in [-0.2, -0.15) is 0 Å². The van der Waals surface area contributed by atoms with Crippen molar-refractivity contribution >= 4 is 0 Å². The Bertz CT molecular complexity index is 772. The molecule has 5 aliphatic heterocycles. The zero-order valence-electron chi connectivity index (χ0n) is 31.3. The van der Waals surface area contributed by atoms with Crippen LogP contribution in [0.2, 0.25) is 0 Å². The summed E-state index contributed by atoms with van der Waals surface area (Å²) in [6.07, 6.45) is -4.67. The number of halogens is 8. The second-order valence-electron chi connectivity index (χ2n) is 15.3. The van der Waals surface area contributed by atoms with E-state index < -0.39 is 43.0 Å². The topological polar surface area (TPSA) is 16.2 Å². The van der Waals surface area contributed by atoms with Gasteiger partial charge >= 0.3 is 0 Å². The number of rotatable bonds is 5. The minimum Gasteiger partial charge on any atom is -0.298 e. The van der Waals surface area contributed by atoms with Gasteiger partial charge in [0.25, 0.3) is 5.92 Å². The van der Waals surface area contributed by atoms with Crippen molar-refractivity contribution in [3.8, 4) is 0 Å². The van der Waals surface area contributed by atoms with E-state index in [0.29, 0.717) is 31.7 Å². The average molecular weight is 710 g/mol. The molecule has 5 nitrogen and oxygen atoms in total. The summed E-state index contributed by atoms with van der Waals surface area (Å²) < 4.78 is 100. The number of alkyl halides is 8. The molecular weight excluding hydrogens is 642 g/mol. The maximum atomic E-state index is 12.5. The van der Waals surface area contributed by atoms with Crippen LogP contribution in [0.1, 0.15) is 88.5 Å². The lowest BCUT2D eigenvalue weighted by Crippen LogP contribution is -2.30. The molecule has 0 aliphatic carbocycles. The monoisotopic (exact) mass is 710 g/mol. The molecule has 0 N–H and O–H groups in total. The summed E-state index contributed by atoms with van der Waals surface area (Å²) in [5.41, 5.74) is 0. The third-order valence-electron chi connectivity index (χ3n) is 9.60.